The van der Waals surface area contributed by atoms with E-state index in [4.69, 9.17) is 16.3 Å². The number of hydrogen-bond acceptors (Lipinski definition) is 5. The number of ether oxygens (including phenoxy) is 1. The van der Waals surface area contributed by atoms with E-state index in [9.17, 15) is 14.7 Å². The molecule has 170 valence electrons. The Morgan fingerprint density at radius 2 is 2.03 bits per heavy atom. The van der Waals surface area contributed by atoms with Gasteiger partial charge in [0.2, 0.25) is 5.91 Å². The largest absolute Gasteiger partial charge is 0.491 e. The van der Waals surface area contributed by atoms with Crippen LogP contribution in [0.1, 0.15) is 25.8 Å². The fourth-order valence-corrected chi connectivity index (χ4v) is 4.43. The molecule has 1 aliphatic heterocycles. The Hall–Kier alpha value is -2.81. The van der Waals surface area contributed by atoms with Gasteiger partial charge < -0.3 is 25.0 Å². The van der Waals surface area contributed by atoms with Gasteiger partial charge in [-0.3, -0.25) is 9.36 Å². The first-order valence-electron chi connectivity index (χ1n) is 10.7. The Labute approximate surface area is 190 Å². The van der Waals surface area contributed by atoms with Crippen LogP contribution in [-0.4, -0.2) is 57.8 Å². The van der Waals surface area contributed by atoms with Crippen molar-refractivity contribution in [1.29, 1.82) is 0 Å². The minimum atomic E-state index is -0.656. The predicted octanol–water partition coefficient (Wildman–Crippen LogP) is 3.02. The highest BCUT2D eigenvalue weighted by Crippen LogP contribution is 2.27. The SMILES string of the molecule is CC(=O)Nc1ccc(OCC(O)CN2CCC(n3c(=O)[nH]c4ccccc43)CC2)cc1Cl. The minimum absolute atomic E-state index is 0.0683. The number of aromatic amines is 1. The number of H-pyrrole nitrogens is 1. The number of halogens is 1. The maximum absolute atomic E-state index is 12.4. The van der Waals surface area contributed by atoms with Crippen molar-refractivity contribution in [3.63, 3.8) is 0 Å². The summed E-state index contributed by atoms with van der Waals surface area (Å²) in [6.45, 7) is 3.64. The number of aliphatic hydroxyl groups is 1. The summed E-state index contributed by atoms with van der Waals surface area (Å²) in [4.78, 5) is 28.7. The zero-order valence-corrected chi connectivity index (χ0v) is 18.6. The zero-order chi connectivity index (χ0) is 22.7. The molecule has 1 aromatic heterocycles. The van der Waals surface area contributed by atoms with E-state index in [1.807, 2.05) is 28.8 Å². The summed E-state index contributed by atoms with van der Waals surface area (Å²) >= 11 is 6.16. The molecule has 0 spiro atoms. The van der Waals surface area contributed by atoms with E-state index in [0.29, 0.717) is 23.0 Å². The molecule has 2 heterocycles. The molecular formula is C23H27ClN4O4. The number of β-amino-alcohol motifs (C(OH)–C–C–N with tert-alkyl or cyclic N) is 1. The summed E-state index contributed by atoms with van der Waals surface area (Å²) in [5, 5.41) is 13.4. The van der Waals surface area contributed by atoms with Gasteiger partial charge in [0, 0.05) is 38.7 Å². The second-order valence-electron chi connectivity index (χ2n) is 8.14. The van der Waals surface area contributed by atoms with E-state index < -0.39 is 6.10 Å². The van der Waals surface area contributed by atoms with E-state index in [-0.39, 0.29) is 24.2 Å². The van der Waals surface area contributed by atoms with E-state index in [2.05, 4.69) is 15.2 Å². The molecular weight excluding hydrogens is 432 g/mol. The number of piperidine rings is 1. The number of anilines is 1. The third-order valence-electron chi connectivity index (χ3n) is 5.71. The maximum atomic E-state index is 12.4. The molecule has 0 radical (unpaired) electrons. The molecule has 0 saturated carbocycles. The minimum Gasteiger partial charge on any atom is -0.491 e. The Bertz CT molecular complexity index is 1150. The number of likely N-dealkylation sites (tertiary alicyclic amines) is 1. The van der Waals surface area contributed by atoms with Gasteiger partial charge in [0.25, 0.3) is 0 Å². The molecule has 2 aromatic carbocycles. The van der Waals surface area contributed by atoms with Gasteiger partial charge in [-0.05, 0) is 37.1 Å². The standard InChI is InChI=1S/C23H27ClN4O4/c1-15(29)25-20-7-6-18(12-19(20)24)32-14-17(30)13-27-10-8-16(9-11-27)28-22-5-3-2-4-21(22)26-23(28)31/h2-7,12,16-17,30H,8-11,13-14H2,1H3,(H,25,29)(H,26,31). The van der Waals surface area contributed by atoms with Crippen LogP contribution in [-0.2, 0) is 4.79 Å². The van der Waals surface area contributed by atoms with Crippen LogP contribution in [0.2, 0.25) is 5.02 Å². The first-order chi connectivity index (χ1) is 15.4. The average molecular weight is 459 g/mol. The molecule has 32 heavy (non-hydrogen) atoms. The molecule has 1 aliphatic rings. The Morgan fingerprint density at radius 1 is 1.28 bits per heavy atom. The lowest BCUT2D eigenvalue weighted by Gasteiger charge is -2.33. The van der Waals surface area contributed by atoms with Crippen molar-refractivity contribution in [3.8, 4) is 5.75 Å². The molecule has 1 saturated heterocycles. The summed E-state index contributed by atoms with van der Waals surface area (Å²) in [6.07, 6.45) is 1.03. The monoisotopic (exact) mass is 458 g/mol. The Kier molecular flexibility index (Phi) is 6.83. The average Bonchev–Trinajstić information content (AvgIpc) is 3.10. The lowest BCUT2D eigenvalue weighted by Crippen LogP contribution is -2.42. The van der Waals surface area contributed by atoms with Crippen LogP contribution in [0.25, 0.3) is 11.0 Å². The fourth-order valence-electron chi connectivity index (χ4n) is 4.22. The number of benzene rings is 2. The number of para-hydroxylation sites is 2. The molecule has 8 nitrogen and oxygen atoms in total. The number of nitrogens with zero attached hydrogens (tertiary/aromatic N) is 2. The summed E-state index contributed by atoms with van der Waals surface area (Å²) in [5.41, 5.74) is 2.25. The number of imidazole rings is 1. The topological polar surface area (TPSA) is 99.6 Å². The van der Waals surface area contributed by atoms with Crippen molar-refractivity contribution < 1.29 is 14.6 Å². The molecule has 1 fully saturated rings. The van der Waals surface area contributed by atoms with Gasteiger partial charge in [0.05, 0.1) is 21.7 Å². The van der Waals surface area contributed by atoms with Crippen molar-refractivity contribution in [2.45, 2.75) is 31.9 Å². The van der Waals surface area contributed by atoms with Crippen LogP contribution >= 0.6 is 11.6 Å². The fraction of sp³-hybridized carbons (Fsp3) is 0.391. The van der Waals surface area contributed by atoms with Crippen LogP contribution < -0.4 is 15.7 Å². The third-order valence-corrected chi connectivity index (χ3v) is 6.02. The van der Waals surface area contributed by atoms with Crippen LogP contribution in [0.4, 0.5) is 5.69 Å². The number of amides is 1. The first kappa shape index (κ1) is 22.4. The number of nitrogens with one attached hydrogen (secondary N) is 2. The van der Waals surface area contributed by atoms with E-state index >= 15 is 0 Å². The highest BCUT2D eigenvalue weighted by atomic mass is 35.5. The van der Waals surface area contributed by atoms with Crippen molar-refractivity contribution >= 4 is 34.2 Å². The van der Waals surface area contributed by atoms with Crippen LogP contribution in [0.5, 0.6) is 5.75 Å². The van der Waals surface area contributed by atoms with Gasteiger partial charge in [-0.25, -0.2) is 4.79 Å². The lowest BCUT2D eigenvalue weighted by atomic mass is 10.0. The number of carbonyl (C=O) groups is 1. The number of aromatic nitrogens is 2. The summed E-state index contributed by atoms with van der Waals surface area (Å²) < 4.78 is 7.53. The van der Waals surface area contributed by atoms with Crippen LogP contribution in [0.3, 0.4) is 0 Å². The van der Waals surface area contributed by atoms with Gasteiger partial charge in [0.1, 0.15) is 18.5 Å². The number of fused-ring (bicyclic) bond motifs is 1. The van der Waals surface area contributed by atoms with E-state index in [1.54, 1.807) is 18.2 Å². The number of rotatable bonds is 7. The van der Waals surface area contributed by atoms with Crippen molar-refractivity contribution in [3.05, 3.63) is 58.0 Å². The molecule has 9 heteroatoms. The maximum Gasteiger partial charge on any atom is 0.326 e. The Balaban J connectivity index is 1.27. The van der Waals surface area contributed by atoms with E-state index in [1.165, 1.54) is 6.92 Å². The molecule has 1 atom stereocenters. The van der Waals surface area contributed by atoms with Crippen molar-refractivity contribution in [1.82, 2.24) is 14.5 Å². The normalized spacial score (nSPS) is 16.2. The number of aliphatic hydroxyl groups excluding tert-OH is 1. The quantitative estimate of drug-likeness (QED) is 0.505. The zero-order valence-electron chi connectivity index (χ0n) is 17.9. The second kappa shape index (κ2) is 9.77. The molecule has 0 aliphatic carbocycles. The molecule has 4 rings (SSSR count). The van der Waals surface area contributed by atoms with Gasteiger partial charge in [-0.1, -0.05) is 23.7 Å². The molecule has 3 N–H and O–H groups in total. The van der Waals surface area contributed by atoms with Crippen LogP contribution in [0, 0.1) is 0 Å². The highest BCUT2D eigenvalue weighted by molar-refractivity contribution is 6.33. The first-order valence-corrected chi connectivity index (χ1v) is 11.1. The summed E-state index contributed by atoms with van der Waals surface area (Å²) in [6, 6.07) is 12.9. The highest BCUT2D eigenvalue weighted by Gasteiger charge is 2.24. The molecule has 3 aromatic rings. The summed E-state index contributed by atoms with van der Waals surface area (Å²) in [7, 11) is 0. The van der Waals surface area contributed by atoms with Gasteiger partial charge in [-0.15, -0.1) is 0 Å². The van der Waals surface area contributed by atoms with E-state index in [0.717, 1.165) is 37.0 Å². The predicted molar refractivity (Wildman–Crippen MR) is 125 cm³/mol. The third kappa shape index (κ3) is 5.15. The summed E-state index contributed by atoms with van der Waals surface area (Å²) in [5.74, 6) is 0.329. The number of carbonyl (C=O) groups excluding carboxylic acids is 1. The lowest BCUT2D eigenvalue weighted by molar-refractivity contribution is -0.114. The molecule has 1 amide bonds. The van der Waals surface area contributed by atoms with Gasteiger partial charge >= 0.3 is 5.69 Å². The van der Waals surface area contributed by atoms with Gasteiger partial charge in [0.15, 0.2) is 0 Å². The van der Waals surface area contributed by atoms with Crippen molar-refractivity contribution in [2.75, 3.05) is 31.6 Å². The van der Waals surface area contributed by atoms with Crippen molar-refractivity contribution in [2.24, 2.45) is 0 Å². The van der Waals surface area contributed by atoms with Crippen LogP contribution in [0.15, 0.2) is 47.3 Å². The number of hydrogen-bond donors (Lipinski definition) is 3. The smallest absolute Gasteiger partial charge is 0.326 e. The molecule has 1 unspecified atom stereocenters. The molecule has 0 bridgehead atoms. The Morgan fingerprint density at radius 3 is 2.75 bits per heavy atom. The second-order valence-corrected chi connectivity index (χ2v) is 8.54. The van der Waals surface area contributed by atoms with Gasteiger partial charge in [-0.2, -0.15) is 0 Å².